The van der Waals surface area contributed by atoms with Gasteiger partial charge >= 0.3 is 5.97 Å². The Bertz CT molecular complexity index is 747. The first-order valence-corrected chi connectivity index (χ1v) is 6.88. The van der Waals surface area contributed by atoms with Crippen molar-refractivity contribution < 1.29 is 18.7 Å². The van der Waals surface area contributed by atoms with E-state index in [9.17, 15) is 4.79 Å². The van der Waals surface area contributed by atoms with Crippen LogP contribution in [-0.2, 0) is 13.1 Å². The molecule has 23 heavy (non-hydrogen) atoms. The Morgan fingerprint density at radius 1 is 1.00 bits per heavy atom. The molecule has 0 saturated carbocycles. The van der Waals surface area contributed by atoms with Crippen molar-refractivity contribution in [3.8, 4) is 11.3 Å². The standard InChI is InChI=1S/C17H15NO4.ClH/c19-17(20)13-5-3-12(4-6-13)16-8-7-15(22-16)11-18-10-14-2-1-9-21-14;/h1-9,18H,10-11H2,(H,19,20);1H. The zero-order valence-electron chi connectivity index (χ0n) is 12.2. The van der Waals surface area contributed by atoms with Gasteiger partial charge in [-0.05, 0) is 36.4 Å². The Balaban J connectivity index is 0.00000192. The first-order valence-electron chi connectivity index (χ1n) is 6.88. The van der Waals surface area contributed by atoms with E-state index in [1.165, 1.54) is 0 Å². The van der Waals surface area contributed by atoms with Gasteiger partial charge in [-0.1, -0.05) is 12.1 Å². The lowest BCUT2D eigenvalue weighted by Gasteiger charge is -2.01. The van der Waals surface area contributed by atoms with Crippen LogP contribution >= 0.6 is 12.4 Å². The van der Waals surface area contributed by atoms with Gasteiger partial charge in [-0.25, -0.2) is 4.79 Å². The third kappa shape index (κ3) is 4.25. The molecule has 0 atom stereocenters. The normalized spacial score (nSPS) is 10.3. The number of benzene rings is 1. The summed E-state index contributed by atoms with van der Waals surface area (Å²) in [4.78, 5) is 10.8. The number of aromatic carboxylic acids is 1. The van der Waals surface area contributed by atoms with Crippen LogP contribution in [0.1, 0.15) is 21.9 Å². The molecule has 0 bridgehead atoms. The number of hydrogen-bond acceptors (Lipinski definition) is 4. The Labute approximate surface area is 139 Å². The Hall–Kier alpha value is -2.50. The first kappa shape index (κ1) is 16.9. The topological polar surface area (TPSA) is 75.6 Å². The molecular weight excluding hydrogens is 318 g/mol. The van der Waals surface area contributed by atoms with E-state index in [4.69, 9.17) is 13.9 Å². The zero-order chi connectivity index (χ0) is 15.4. The molecule has 5 nitrogen and oxygen atoms in total. The van der Waals surface area contributed by atoms with Crippen molar-refractivity contribution in [3.63, 3.8) is 0 Å². The fourth-order valence-electron chi connectivity index (χ4n) is 2.13. The van der Waals surface area contributed by atoms with Crippen molar-refractivity contribution in [1.29, 1.82) is 0 Å². The van der Waals surface area contributed by atoms with Gasteiger partial charge in [0, 0.05) is 5.56 Å². The quantitative estimate of drug-likeness (QED) is 0.714. The molecule has 0 aliphatic heterocycles. The highest BCUT2D eigenvalue weighted by Gasteiger charge is 2.07. The van der Waals surface area contributed by atoms with E-state index in [0.29, 0.717) is 18.8 Å². The zero-order valence-corrected chi connectivity index (χ0v) is 13.0. The van der Waals surface area contributed by atoms with Crippen molar-refractivity contribution in [2.24, 2.45) is 0 Å². The largest absolute Gasteiger partial charge is 0.478 e. The molecule has 2 N–H and O–H groups in total. The van der Waals surface area contributed by atoms with Crippen LogP contribution in [0.5, 0.6) is 0 Å². The molecule has 0 fully saturated rings. The second-order valence-electron chi connectivity index (χ2n) is 4.83. The number of halogens is 1. The fourth-order valence-corrected chi connectivity index (χ4v) is 2.13. The van der Waals surface area contributed by atoms with Crippen molar-refractivity contribution in [2.75, 3.05) is 0 Å². The van der Waals surface area contributed by atoms with Crippen molar-refractivity contribution >= 4 is 18.4 Å². The molecule has 2 aromatic heterocycles. The summed E-state index contributed by atoms with van der Waals surface area (Å²) in [6, 6.07) is 14.1. The summed E-state index contributed by atoms with van der Waals surface area (Å²) in [5.41, 5.74) is 1.11. The molecule has 0 aliphatic carbocycles. The summed E-state index contributed by atoms with van der Waals surface area (Å²) in [6.07, 6.45) is 1.64. The number of nitrogens with one attached hydrogen (secondary N) is 1. The maximum Gasteiger partial charge on any atom is 0.335 e. The van der Waals surface area contributed by atoms with Crippen LogP contribution in [0.2, 0.25) is 0 Å². The Kier molecular flexibility index (Phi) is 5.62. The van der Waals surface area contributed by atoms with Gasteiger partial charge in [0.15, 0.2) is 0 Å². The van der Waals surface area contributed by atoms with E-state index in [-0.39, 0.29) is 18.0 Å². The van der Waals surface area contributed by atoms with Gasteiger partial charge in [0.25, 0.3) is 0 Å². The predicted octanol–water partition coefficient (Wildman–Crippen LogP) is 3.95. The highest BCUT2D eigenvalue weighted by molar-refractivity contribution is 5.88. The summed E-state index contributed by atoms with van der Waals surface area (Å²) in [5.74, 6) is 1.46. The maximum absolute atomic E-state index is 10.8. The SMILES string of the molecule is Cl.O=C(O)c1ccc(-c2ccc(CNCc3ccco3)o2)cc1. The fraction of sp³-hybridized carbons (Fsp3) is 0.118. The molecule has 3 rings (SSSR count). The molecule has 0 aliphatic rings. The number of carboxylic acids is 1. The van der Waals surface area contributed by atoms with Gasteiger partial charge in [-0.3, -0.25) is 0 Å². The smallest absolute Gasteiger partial charge is 0.335 e. The van der Waals surface area contributed by atoms with Crippen LogP contribution in [0.15, 0.2) is 63.6 Å². The highest BCUT2D eigenvalue weighted by Crippen LogP contribution is 2.22. The van der Waals surface area contributed by atoms with Crippen LogP contribution < -0.4 is 5.32 Å². The van der Waals surface area contributed by atoms with Gasteiger partial charge < -0.3 is 19.3 Å². The summed E-state index contributed by atoms with van der Waals surface area (Å²) in [6.45, 7) is 1.23. The summed E-state index contributed by atoms with van der Waals surface area (Å²) < 4.78 is 11.0. The molecule has 0 radical (unpaired) electrons. The lowest BCUT2D eigenvalue weighted by atomic mass is 10.1. The molecule has 3 aromatic rings. The third-order valence-corrected chi connectivity index (χ3v) is 3.26. The van der Waals surface area contributed by atoms with Crippen molar-refractivity contribution in [3.05, 3.63) is 71.9 Å². The van der Waals surface area contributed by atoms with Gasteiger partial charge in [0.2, 0.25) is 0 Å². The lowest BCUT2D eigenvalue weighted by Crippen LogP contribution is -2.11. The van der Waals surface area contributed by atoms with E-state index in [0.717, 1.165) is 17.1 Å². The van der Waals surface area contributed by atoms with E-state index < -0.39 is 5.97 Å². The summed E-state index contributed by atoms with van der Waals surface area (Å²) in [5, 5.41) is 12.1. The van der Waals surface area contributed by atoms with E-state index in [1.807, 2.05) is 24.3 Å². The summed E-state index contributed by atoms with van der Waals surface area (Å²) in [7, 11) is 0. The van der Waals surface area contributed by atoms with E-state index in [1.54, 1.807) is 30.5 Å². The van der Waals surface area contributed by atoms with E-state index in [2.05, 4.69) is 5.32 Å². The minimum Gasteiger partial charge on any atom is -0.478 e. The van der Waals surface area contributed by atoms with Crippen LogP contribution in [0.4, 0.5) is 0 Å². The molecule has 1 aromatic carbocycles. The van der Waals surface area contributed by atoms with Gasteiger partial charge in [-0.15, -0.1) is 12.4 Å². The van der Waals surface area contributed by atoms with Crippen LogP contribution in [-0.4, -0.2) is 11.1 Å². The van der Waals surface area contributed by atoms with Crippen LogP contribution in [0, 0.1) is 0 Å². The third-order valence-electron chi connectivity index (χ3n) is 3.26. The number of carboxylic acid groups (broad SMARTS) is 1. The van der Waals surface area contributed by atoms with Crippen LogP contribution in [0.25, 0.3) is 11.3 Å². The van der Waals surface area contributed by atoms with Gasteiger partial charge in [0.1, 0.15) is 17.3 Å². The first-order chi connectivity index (χ1) is 10.7. The average molecular weight is 334 g/mol. The molecule has 0 unspecified atom stereocenters. The van der Waals surface area contributed by atoms with Crippen molar-refractivity contribution in [2.45, 2.75) is 13.1 Å². The molecule has 2 heterocycles. The Morgan fingerprint density at radius 2 is 1.74 bits per heavy atom. The van der Waals surface area contributed by atoms with Crippen LogP contribution in [0.3, 0.4) is 0 Å². The molecule has 0 saturated heterocycles. The second kappa shape index (κ2) is 7.67. The minimum atomic E-state index is -0.936. The lowest BCUT2D eigenvalue weighted by molar-refractivity contribution is 0.0697. The second-order valence-corrected chi connectivity index (χ2v) is 4.83. The monoisotopic (exact) mass is 333 g/mol. The summed E-state index contributed by atoms with van der Waals surface area (Å²) >= 11 is 0. The number of hydrogen-bond donors (Lipinski definition) is 2. The minimum absolute atomic E-state index is 0. The maximum atomic E-state index is 10.8. The molecule has 0 spiro atoms. The number of rotatable bonds is 6. The Morgan fingerprint density at radius 3 is 2.39 bits per heavy atom. The van der Waals surface area contributed by atoms with Gasteiger partial charge in [0.05, 0.1) is 24.9 Å². The molecular formula is C17H16ClNO4. The molecule has 120 valence electrons. The number of furan rings is 2. The number of carbonyl (C=O) groups is 1. The molecule has 0 amide bonds. The predicted molar refractivity (Wildman–Crippen MR) is 87.6 cm³/mol. The highest BCUT2D eigenvalue weighted by atomic mass is 35.5. The van der Waals surface area contributed by atoms with E-state index >= 15 is 0 Å². The molecule has 6 heteroatoms. The average Bonchev–Trinajstić information content (AvgIpc) is 3.19. The van der Waals surface area contributed by atoms with Crippen molar-refractivity contribution in [1.82, 2.24) is 5.32 Å². The van der Waals surface area contributed by atoms with Gasteiger partial charge in [-0.2, -0.15) is 0 Å².